The smallest absolute Gasteiger partial charge is 0.224 e. The number of aromatic nitrogens is 1. The highest BCUT2D eigenvalue weighted by Crippen LogP contribution is 2.06. The highest BCUT2D eigenvalue weighted by Gasteiger charge is 2.02. The highest BCUT2D eigenvalue weighted by molar-refractivity contribution is 5.90. The summed E-state index contributed by atoms with van der Waals surface area (Å²) in [6.45, 7) is 2.17. The van der Waals surface area contributed by atoms with Crippen LogP contribution in [0.5, 0.6) is 0 Å². The van der Waals surface area contributed by atoms with Gasteiger partial charge in [-0.15, -0.1) is 0 Å². The lowest BCUT2D eigenvalue weighted by Gasteiger charge is -2.03. The largest absolute Gasteiger partial charge is 0.326 e. The molecule has 1 aromatic rings. The molecule has 0 aliphatic carbocycles. The average Bonchev–Trinajstić information content (AvgIpc) is 2.28. The van der Waals surface area contributed by atoms with Crippen LogP contribution < -0.4 is 9.88 Å². The first-order chi connectivity index (χ1) is 7.72. The first-order valence-corrected chi connectivity index (χ1v) is 5.97. The first-order valence-electron chi connectivity index (χ1n) is 5.97. The van der Waals surface area contributed by atoms with E-state index in [0.717, 1.165) is 18.5 Å². The third kappa shape index (κ3) is 4.91. The lowest BCUT2D eigenvalue weighted by Crippen LogP contribution is -2.26. The number of hydrogen-bond donors (Lipinski definition) is 1. The molecule has 0 aliphatic rings. The zero-order valence-electron chi connectivity index (χ0n) is 10.2. The summed E-state index contributed by atoms with van der Waals surface area (Å²) in [7, 11) is 1.95. The fraction of sp³-hybridized carbons (Fsp3) is 0.538. The maximum Gasteiger partial charge on any atom is 0.224 e. The van der Waals surface area contributed by atoms with Crippen LogP contribution in [0.25, 0.3) is 0 Å². The van der Waals surface area contributed by atoms with E-state index in [1.807, 2.05) is 36.1 Å². The maximum absolute atomic E-state index is 11.5. The first kappa shape index (κ1) is 12.7. The number of hydrogen-bond acceptors (Lipinski definition) is 1. The Bertz CT molecular complexity index is 319. The lowest BCUT2D eigenvalue weighted by molar-refractivity contribution is -0.671. The Labute approximate surface area is 97.5 Å². The Kier molecular flexibility index (Phi) is 5.54. The quantitative estimate of drug-likeness (QED) is 0.581. The zero-order chi connectivity index (χ0) is 11.8. The number of pyridine rings is 1. The molecule has 1 heterocycles. The third-order valence-electron chi connectivity index (χ3n) is 2.52. The van der Waals surface area contributed by atoms with Crippen LogP contribution in [-0.2, 0) is 11.8 Å². The third-order valence-corrected chi connectivity index (χ3v) is 2.52. The maximum atomic E-state index is 11.5. The SMILES string of the molecule is CCCCCCC(=O)Nc1cc[n+](C)cc1. The van der Waals surface area contributed by atoms with Crippen LogP contribution in [0.2, 0.25) is 0 Å². The normalized spacial score (nSPS) is 10.1. The molecule has 0 fully saturated rings. The summed E-state index contributed by atoms with van der Waals surface area (Å²) in [4.78, 5) is 11.5. The summed E-state index contributed by atoms with van der Waals surface area (Å²) in [6.07, 6.45) is 9.03. The molecule has 3 heteroatoms. The molecule has 0 bridgehead atoms. The minimum atomic E-state index is 0.116. The van der Waals surface area contributed by atoms with Crippen LogP contribution in [0.3, 0.4) is 0 Å². The number of nitrogens with one attached hydrogen (secondary N) is 1. The van der Waals surface area contributed by atoms with Gasteiger partial charge in [-0.2, -0.15) is 0 Å². The van der Waals surface area contributed by atoms with Crippen molar-refractivity contribution in [2.24, 2.45) is 7.05 Å². The van der Waals surface area contributed by atoms with Crippen LogP contribution in [-0.4, -0.2) is 5.91 Å². The van der Waals surface area contributed by atoms with Crippen LogP contribution >= 0.6 is 0 Å². The van der Waals surface area contributed by atoms with E-state index >= 15 is 0 Å². The molecule has 0 unspecified atom stereocenters. The van der Waals surface area contributed by atoms with Gasteiger partial charge in [0, 0.05) is 18.6 Å². The van der Waals surface area contributed by atoms with Gasteiger partial charge < -0.3 is 5.32 Å². The van der Waals surface area contributed by atoms with Gasteiger partial charge in [0.05, 0.1) is 5.69 Å². The molecule has 1 rings (SSSR count). The molecule has 16 heavy (non-hydrogen) atoms. The fourth-order valence-corrected chi connectivity index (χ4v) is 1.52. The van der Waals surface area contributed by atoms with Gasteiger partial charge >= 0.3 is 0 Å². The molecule has 0 atom stereocenters. The molecule has 88 valence electrons. The van der Waals surface area contributed by atoms with E-state index in [0.29, 0.717) is 6.42 Å². The highest BCUT2D eigenvalue weighted by atomic mass is 16.1. The second-order valence-corrected chi connectivity index (χ2v) is 4.11. The van der Waals surface area contributed by atoms with Crippen molar-refractivity contribution < 1.29 is 9.36 Å². The van der Waals surface area contributed by atoms with E-state index in [4.69, 9.17) is 0 Å². The fourth-order valence-electron chi connectivity index (χ4n) is 1.52. The van der Waals surface area contributed by atoms with Crippen molar-refractivity contribution in [1.82, 2.24) is 0 Å². The van der Waals surface area contributed by atoms with Gasteiger partial charge in [-0.05, 0) is 6.42 Å². The van der Waals surface area contributed by atoms with Gasteiger partial charge in [0.1, 0.15) is 7.05 Å². The predicted octanol–water partition coefficient (Wildman–Crippen LogP) is 2.42. The zero-order valence-corrected chi connectivity index (χ0v) is 10.2. The van der Waals surface area contributed by atoms with Crippen molar-refractivity contribution in [3.05, 3.63) is 24.5 Å². The molecule has 0 saturated heterocycles. The van der Waals surface area contributed by atoms with Gasteiger partial charge in [0.2, 0.25) is 5.91 Å². The topological polar surface area (TPSA) is 33.0 Å². The summed E-state index contributed by atoms with van der Waals surface area (Å²) in [5.74, 6) is 0.116. The van der Waals surface area contributed by atoms with Crippen molar-refractivity contribution >= 4 is 11.6 Å². The number of rotatable bonds is 6. The minimum Gasteiger partial charge on any atom is -0.326 e. The molecule has 1 N–H and O–H groups in total. The van der Waals surface area contributed by atoms with Gasteiger partial charge in [-0.1, -0.05) is 26.2 Å². The number of aryl methyl sites for hydroxylation is 1. The van der Waals surface area contributed by atoms with E-state index in [1.165, 1.54) is 12.8 Å². The molecule has 0 spiro atoms. The van der Waals surface area contributed by atoms with Crippen LogP contribution in [0.1, 0.15) is 39.0 Å². The molecular formula is C13H21N2O+. The van der Waals surface area contributed by atoms with Gasteiger partial charge in [-0.3, -0.25) is 4.79 Å². The van der Waals surface area contributed by atoms with E-state index < -0.39 is 0 Å². The average molecular weight is 221 g/mol. The predicted molar refractivity (Wildman–Crippen MR) is 65.0 cm³/mol. The molecular weight excluding hydrogens is 200 g/mol. The van der Waals surface area contributed by atoms with Crippen molar-refractivity contribution in [3.63, 3.8) is 0 Å². The number of nitrogens with zero attached hydrogens (tertiary/aromatic N) is 1. The standard InChI is InChI=1S/C13H20N2O/c1-3-4-5-6-7-13(16)14-12-8-10-15(2)11-9-12/h8-11H,3-7H2,1-2H3/p+1. The molecule has 0 aliphatic heterocycles. The summed E-state index contributed by atoms with van der Waals surface area (Å²) in [6, 6.07) is 3.81. The Balaban J connectivity index is 2.26. The minimum absolute atomic E-state index is 0.116. The van der Waals surface area contributed by atoms with E-state index in [1.54, 1.807) is 0 Å². The van der Waals surface area contributed by atoms with Crippen molar-refractivity contribution in [2.45, 2.75) is 39.0 Å². The Morgan fingerprint density at radius 1 is 1.25 bits per heavy atom. The van der Waals surface area contributed by atoms with Crippen molar-refractivity contribution in [1.29, 1.82) is 0 Å². The second kappa shape index (κ2) is 6.99. The van der Waals surface area contributed by atoms with Gasteiger partial charge in [0.15, 0.2) is 12.4 Å². The molecule has 3 nitrogen and oxygen atoms in total. The molecule has 0 saturated carbocycles. The van der Waals surface area contributed by atoms with E-state index in [9.17, 15) is 4.79 Å². The Morgan fingerprint density at radius 2 is 1.94 bits per heavy atom. The number of amides is 1. The molecule has 0 radical (unpaired) electrons. The monoisotopic (exact) mass is 221 g/mol. The molecule has 1 amide bonds. The lowest BCUT2D eigenvalue weighted by atomic mass is 10.1. The summed E-state index contributed by atoms with van der Waals surface area (Å²) >= 11 is 0. The molecule has 1 aromatic heterocycles. The van der Waals surface area contributed by atoms with E-state index in [-0.39, 0.29) is 5.91 Å². The van der Waals surface area contributed by atoms with Gasteiger partial charge in [-0.25, -0.2) is 4.57 Å². The Hall–Kier alpha value is -1.38. The number of carbonyl (C=O) groups excluding carboxylic acids is 1. The number of unbranched alkanes of at least 4 members (excludes halogenated alkanes) is 3. The van der Waals surface area contributed by atoms with Crippen LogP contribution in [0.15, 0.2) is 24.5 Å². The van der Waals surface area contributed by atoms with E-state index in [2.05, 4.69) is 12.2 Å². The Morgan fingerprint density at radius 3 is 2.56 bits per heavy atom. The molecule has 0 aromatic carbocycles. The van der Waals surface area contributed by atoms with Crippen LogP contribution in [0.4, 0.5) is 5.69 Å². The van der Waals surface area contributed by atoms with Crippen LogP contribution in [0, 0.1) is 0 Å². The summed E-state index contributed by atoms with van der Waals surface area (Å²) in [5, 5.41) is 2.89. The second-order valence-electron chi connectivity index (χ2n) is 4.11. The van der Waals surface area contributed by atoms with Crippen molar-refractivity contribution in [3.8, 4) is 0 Å². The van der Waals surface area contributed by atoms with Crippen molar-refractivity contribution in [2.75, 3.05) is 5.32 Å². The van der Waals surface area contributed by atoms with Gasteiger partial charge in [0.25, 0.3) is 0 Å². The number of carbonyl (C=O) groups is 1. The number of anilines is 1. The summed E-state index contributed by atoms with van der Waals surface area (Å²) < 4.78 is 1.94. The summed E-state index contributed by atoms with van der Waals surface area (Å²) in [5.41, 5.74) is 0.874.